The third-order valence-corrected chi connectivity index (χ3v) is 5.51. The van der Waals surface area contributed by atoms with Gasteiger partial charge in [-0.25, -0.2) is 0 Å². The fourth-order valence-electron chi connectivity index (χ4n) is 3.81. The van der Waals surface area contributed by atoms with Crippen molar-refractivity contribution < 1.29 is 9.53 Å². The number of benzene rings is 1. The number of nitrogens with one attached hydrogen (secondary N) is 1. The van der Waals surface area contributed by atoms with Crippen LogP contribution in [0.2, 0.25) is 0 Å². The molecule has 4 heterocycles. The van der Waals surface area contributed by atoms with E-state index in [0.29, 0.717) is 25.5 Å². The highest BCUT2D eigenvalue weighted by Crippen LogP contribution is 2.23. The fraction of sp³-hybridized carbons (Fsp3) is 0.400. The Hall–Kier alpha value is -3.00. The number of anilines is 1. The minimum atomic E-state index is -0.396. The third kappa shape index (κ3) is 3.09. The Morgan fingerprint density at radius 3 is 2.86 bits per heavy atom. The predicted octanol–water partition coefficient (Wildman–Crippen LogP) is 1.13. The van der Waals surface area contributed by atoms with Crippen molar-refractivity contribution in [3.05, 3.63) is 53.3 Å². The average Bonchev–Trinajstić information content (AvgIpc) is 3.06. The lowest BCUT2D eigenvalue weighted by Gasteiger charge is -2.40. The van der Waals surface area contributed by atoms with Gasteiger partial charge in [0.15, 0.2) is 11.5 Å². The van der Waals surface area contributed by atoms with Gasteiger partial charge in [-0.05, 0) is 30.2 Å². The Bertz CT molecular complexity index is 1030. The molecule has 2 aliphatic heterocycles. The number of fused-ring (bicyclic) bond motifs is 2. The van der Waals surface area contributed by atoms with Gasteiger partial charge in [-0.15, -0.1) is 15.3 Å². The van der Waals surface area contributed by atoms with Gasteiger partial charge in [0.05, 0.1) is 6.61 Å². The van der Waals surface area contributed by atoms with Crippen LogP contribution >= 0.6 is 0 Å². The second kappa shape index (κ2) is 6.87. The van der Waals surface area contributed by atoms with E-state index in [4.69, 9.17) is 4.74 Å². The molecule has 8 heteroatoms. The summed E-state index contributed by atoms with van der Waals surface area (Å²) in [6.45, 7) is 4.78. The topological polar surface area (TPSA) is 84.7 Å². The lowest BCUT2D eigenvalue weighted by Crippen LogP contribution is -2.53. The van der Waals surface area contributed by atoms with E-state index in [1.807, 2.05) is 31.2 Å². The molecule has 2 aliphatic rings. The van der Waals surface area contributed by atoms with Gasteiger partial charge in [-0.1, -0.05) is 24.3 Å². The second-order valence-corrected chi connectivity index (χ2v) is 7.50. The summed E-state index contributed by atoms with van der Waals surface area (Å²) in [4.78, 5) is 14.7. The summed E-state index contributed by atoms with van der Waals surface area (Å²) in [6.07, 6.45) is 0.243. The van der Waals surface area contributed by atoms with Crippen molar-refractivity contribution >= 4 is 17.4 Å². The minimum absolute atomic E-state index is 0.0207. The number of aryl methyl sites for hydroxylation is 1. The highest BCUT2D eigenvalue weighted by Gasteiger charge is 2.30. The molecule has 0 aliphatic carbocycles. The molecule has 1 atom stereocenters. The standard InChI is InChI=1S/C20H22N6O2/c1-13-22-23-18-6-7-19(24-26(13)18)25-10-14(11-25)9-21-20(27)17-8-15-4-2-3-5-16(15)12-28-17/h2-7,14,17H,8-12H2,1H3,(H,21,27). The molecule has 1 fully saturated rings. The molecule has 28 heavy (non-hydrogen) atoms. The third-order valence-electron chi connectivity index (χ3n) is 5.51. The van der Waals surface area contributed by atoms with E-state index in [0.717, 1.165) is 30.4 Å². The first kappa shape index (κ1) is 17.1. The van der Waals surface area contributed by atoms with Crippen LogP contribution in [-0.4, -0.2) is 51.5 Å². The molecule has 144 valence electrons. The zero-order valence-corrected chi connectivity index (χ0v) is 15.7. The van der Waals surface area contributed by atoms with Gasteiger partial charge in [0.2, 0.25) is 5.91 Å². The maximum Gasteiger partial charge on any atom is 0.249 e. The number of hydrogen-bond donors (Lipinski definition) is 1. The maximum atomic E-state index is 12.5. The number of aromatic nitrogens is 4. The molecule has 0 spiro atoms. The highest BCUT2D eigenvalue weighted by molar-refractivity contribution is 5.81. The van der Waals surface area contributed by atoms with Crippen molar-refractivity contribution in [2.45, 2.75) is 26.1 Å². The van der Waals surface area contributed by atoms with Gasteiger partial charge >= 0.3 is 0 Å². The largest absolute Gasteiger partial charge is 0.363 e. The molecular formula is C20H22N6O2. The number of ether oxygens (including phenoxy) is 1. The summed E-state index contributed by atoms with van der Waals surface area (Å²) < 4.78 is 7.49. The fourth-order valence-corrected chi connectivity index (χ4v) is 3.81. The van der Waals surface area contributed by atoms with E-state index in [1.165, 1.54) is 11.1 Å². The zero-order valence-electron chi connectivity index (χ0n) is 15.7. The summed E-state index contributed by atoms with van der Waals surface area (Å²) in [5.74, 6) is 2.08. The molecule has 1 unspecified atom stereocenters. The quantitative estimate of drug-likeness (QED) is 0.733. The Balaban J connectivity index is 1.13. The Kier molecular flexibility index (Phi) is 4.20. The summed E-state index contributed by atoms with van der Waals surface area (Å²) in [5, 5.41) is 15.7. The van der Waals surface area contributed by atoms with E-state index in [9.17, 15) is 4.79 Å². The van der Waals surface area contributed by atoms with Crippen LogP contribution in [0.3, 0.4) is 0 Å². The van der Waals surface area contributed by atoms with Crippen LogP contribution in [-0.2, 0) is 22.6 Å². The molecule has 0 saturated carbocycles. The minimum Gasteiger partial charge on any atom is -0.363 e. The van der Waals surface area contributed by atoms with Gasteiger partial charge in [0.1, 0.15) is 11.9 Å². The Labute approximate surface area is 162 Å². The number of carbonyl (C=O) groups excluding carboxylic acids is 1. The molecule has 0 bridgehead atoms. The summed E-state index contributed by atoms with van der Waals surface area (Å²) >= 11 is 0. The smallest absolute Gasteiger partial charge is 0.249 e. The molecule has 3 aromatic rings. The van der Waals surface area contributed by atoms with Crippen molar-refractivity contribution in [1.29, 1.82) is 0 Å². The van der Waals surface area contributed by atoms with Gasteiger partial charge in [0, 0.05) is 32.0 Å². The first-order chi connectivity index (χ1) is 13.7. The van der Waals surface area contributed by atoms with Crippen molar-refractivity contribution in [3.63, 3.8) is 0 Å². The lowest BCUT2D eigenvalue weighted by molar-refractivity contribution is -0.134. The second-order valence-electron chi connectivity index (χ2n) is 7.50. The highest BCUT2D eigenvalue weighted by atomic mass is 16.5. The van der Waals surface area contributed by atoms with Crippen molar-refractivity contribution in [1.82, 2.24) is 25.1 Å². The van der Waals surface area contributed by atoms with Gasteiger partial charge in [0.25, 0.3) is 0 Å². The first-order valence-corrected chi connectivity index (χ1v) is 9.57. The molecular weight excluding hydrogens is 356 g/mol. The molecule has 8 nitrogen and oxygen atoms in total. The van der Waals surface area contributed by atoms with Crippen LogP contribution in [0.1, 0.15) is 17.0 Å². The predicted molar refractivity (Wildman–Crippen MR) is 103 cm³/mol. The number of hydrogen-bond acceptors (Lipinski definition) is 6. The monoisotopic (exact) mass is 378 g/mol. The Morgan fingerprint density at radius 1 is 1.18 bits per heavy atom. The average molecular weight is 378 g/mol. The van der Waals surface area contributed by atoms with Gasteiger partial charge < -0.3 is 15.0 Å². The normalized spacial score (nSPS) is 19.3. The maximum absolute atomic E-state index is 12.5. The van der Waals surface area contributed by atoms with E-state index in [-0.39, 0.29) is 5.91 Å². The van der Waals surface area contributed by atoms with Gasteiger partial charge in [-0.2, -0.15) is 4.52 Å². The number of rotatable bonds is 4. The molecule has 1 saturated heterocycles. The number of carbonyl (C=O) groups is 1. The molecule has 1 amide bonds. The van der Waals surface area contributed by atoms with E-state index >= 15 is 0 Å². The summed E-state index contributed by atoms with van der Waals surface area (Å²) in [5.41, 5.74) is 3.13. The lowest BCUT2D eigenvalue weighted by atomic mass is 9.98. The van der Waals surface area contributed by atoms with Crippen LogP contribution in [0.25, 0.3) is 5.65 Å². The van der Waals surface area contributed by atoms with Crippen LogP contribution in [0.4, 0.5) is 5.82 Å². The Morgan fingerprint density at radius 2 is 2.00 bits per heavy atom. The van der Waals surface area contributed by atoms with E-state index in [2.05, 4.69) is 37.6 Å². The molecule has 5 rings (SSSR count). The molecule has 1 aromatic carbocycles. The number of amides is 1. The summed E-state index contributed by atoms with van der Waals surface area (Å²) in [7, 11) is 0. The SMILES string of the molecule is Cc1nnc2ccc(N3CC(CNC(=O)C4Cc5ccccc5CO4)C3)nn12. The molecule has 2 aromatic heterocycles. The van der Waals surface area contributed by atoms with Crippen LogP contribution in [0, 0.1) is 12.8 Å². The molecule has 0 radical (unpaired) electrons. The van der Waals surface area contributed by atoms with Crippen molar-refractivity contribution in [2.24, 2.45) is 5.92 Å². The van der Waals surface area contributed by atoms with E-state index in [1.54, 1.807) is 4.52 Å². The first-order valence-electron chi connectivity index (χ1n) is 9.57. The van der Waals surface area contributed by atoms with Crippen LogP contribution in [0.5, 0.6) is 0 Å². The molecule has 1 N–H and O–H groups in total. The summed E-state index contributed by atoms with van der Waals surface area (Å²) in [6, 6.07) is 12.0. The van der Waals surface area contributed by atoms with E-state index < -0.39 is 6.10 Å². The van der Waals surface area contributed by atoms with Crippen LogP contribution < -0.4 is 10.2 Å². The zero-order chi connectivity index (χ0) is 19.1. The number of nitrogens with zero attached hydrogens (tertiary/aromatic N) is 5. The van der Waals surface area contributed by atoms with Crippen molar-refractivity contribution in [3.8, 4) is 0 Å². The van der Waals surface area contributed by atoms with Crippen molar-refractivity contribution in [2.75, 3.05) is 24.5 Å². The van der Waals surface area contributed by atoms with Gasteiger partial charge in [-0.3, -0.25) is 4.79 Å². The van der Waals surface area contributed by atoms with Crippen LogP contribution in [0.15, 0.2) is 36.4 Å².